The summed E-state index contributed by atoms with van der Waals surface area (Å²) in [7, 11) is 0. The third kappa shape index (κ3) is 4.13. The van der Waals surface area contributed by atoms with Gasteiger partial charge in [0.1, 0.15) is 11.8 Å². The van der Waals surface area contributed by atoms with Crippen LogP contribution in [0.5, 0.6) is 5.75 Å². The maximum atomic E-state index is 12.1. The largest absolute Gasteiger partial charge is 0.479 e. The summed E-state index contributed by atoms with van der Waals surface area (Å²) in [5.41, 5.74) is 7.05. The third-order valence-corrected chi connectivity index (χ3v) is 2.82. The zero-order valence-electron chi connectivity index (χ0n) is 11.0. The van der Waals surface area contributed by atoms with Gasteiger partial charge in [0.2, 0.25) is 0 Å². The first-order valence-electron chi connectivity index (χ1n) is 6.06. The summed E-state index contributed by atoms with van der Waals surface area (Å²) in [5.74, 6) is 0.247. The van der Waals surface area contributed by atoms with E-state index < -0.39 is 0 Å². The normalized spacial score (nSPS) is 9.71. The molecule has 0 bridgehead atoms. The standard InChI is InChI=1S/C15H12ClN3O2/c16-11-7-10(8-12(18)9-11)15(20)19-13-1-3-14(4-2-13)21-6-5-17/h1-4,7-9H,6,18H2,(H,19,20). The molecular formula is C15H12ClN3O2. The summed E-state index contributed by atoms with van der Waals surface area (Å²) in [5, 5.41) is 11.5. The number of anilines is 2. The van der Waals surface area contributed by atoms with Crippen LogP contribution in [0.25, 0.3) is 0 Å². The van der Waals surface area contributed by atoms with Gasteiger partial charge in [0.15, 0.2) is 6.61 Å². The maximum absolute atomic E-state index is 12.1. The van der Waals surface area contributed by atoms with E-state index in [4.69, 9.17) is 27.3 Å². The Balaban J connectivity index is 2.07. The van der Waals surface area contributed by atoms with Crippen molar-refractivity contribution in [1.82, 2.24) is 0 Å². The van der Waals surface area contributed by atoms with E-state index in [0.717, 1.165) is 0 Å². The number of nitrogens with two attached hydrogens (primary N) is 1. The Morgan fingerprint density at radius 3 is 2.62 bits per heavy atom. The molecule has 0 aliphatic carbocycles. The van der Waals surface area contributed by atoms with Crippen LogP contribution in [0.15, 0.2) is 42.5 Å². The molecule has 3 N–H and O–H groups in total. The molecule has 5 nitrogen and oxygen atoms in total. The second kappa shape index (κ2) is 6.64. The topological polar surface area (TPSA) is 88.1 Å². The van der Waals surface area contributed by atoms with Crippen molar-refractivity contribution >= 4 is 28.9 Å². The van der Waals surface area contributed by atoms with Crippen LogP contribution in [0.2, 0.25) is 5.02 Å². The number of carbonyl (C=O) groups excluding carboxylic acids is 1. The Hall–Kier alpha value is -2.71. The Kier molecular flexibility index (Phi) is 4.64. The Morgan fingerprint density at radius 1 is 1.29 bits per heavy atom. The van der Waals surface area contributed by atoms with Crippen molar-refractivity contribution in [1.29, 1.82) is 5.26 Å². The van der Waals surface area contributed by atoms with Crippen LogP contribution < -0.4 is 15.8 Å². The molecule has 0 fully saturated rings. The predicted molar refractivity (Wildman–Crippen MR) is 81.4 cm³/mol. The van der Waals surface area contributed by atoms with Gasteiger partial charge in [-0.2, -0.15) is 5.26 Å². The van der Waals surface area contributed by atoms with Crippen molar-refractivity contribution in [2.45, 2.75) is 0 Å². The predicted octanol–water partition coefficient (Wildman–Crippen LogP) is 3.08. The molecule has 0 saturated carbocycles. The summed E-state index contributed by atoms with van der Waals surface area (Å²) < 4.78 is 5.12. The van der Waals surface area contributed by atoms with Crippen LogP contribution >= 0.6 is 11.6 Å². The first kappa shape index (κ1) is 14.7. The highest BCUT2D eigenvalue weighted by Gasteiger charge is 2.08. The van der Waals surface area contributed by atoms with Gasteiger partial charge in [-0.05, 0) is 42.5 Å². The van der Waals surface area contributed by atoms with Crippen LogP contribution in [-0.4, -0.2) is 12.5 Å². The van der Waals surface area contributed by atoms with Crippen molar-refractivity contribution in [3.8, 4) is 11.8 Å². The van der Waals surface area contributed by atoms with Crippen molar-refractivity contribution in [3.05, 3.63) is 53.1 Å². The smallest absolute Gasteiger partial charge is 0.255 e. The van der Waals surface area contributed by atoms with Crippen molar-refractivity contribution in [2.75, 3.05) is 17.7 Å². The lowest BCUT2D eigenvalue weighted by molar-refractivity contribution is 0.102. The molecule has 1 amide bonds. The van der Waals surface area contributed by atoms with Crippen LogP contribution in [0.1, 0.15) is 10.4 Å². The number of benzene rings is 2. The number of nitrogens with one attached hydrogen (secondary N) is 1. The van der Waals surface area contributed by atoms with Gasteiger partial charge in [-0.1, -0.05) is 11.6 Å². The second-order valence-corrected chi connectivity index (χ2v) is 4.63. The summed E-state index contributed by atoms with van der Waals surface area (Å²) in [4.78, 5) is 12.1. The zero-order valence-corrected chi connectivity index (χ0v) is 11.7. The number of nitrogen functional groups attached to an aromatic ring is 1. The molecule has 0 saturated heterocycles. The van der Waals surface area contributed by atoms with E-state index in [9.17, 15) is 4.79 Å². The summed E-state index contributed by atoms with van der Waals surface area (Å²) in [6.45, 7) is -0.0203. The maximum Gasteiger partial charge on any atom is 0.255 e. The molecular weight excluding hydrogens is 290 g/mol. The monoisotopic (exact) mass is 301 g/mol. The molecule has 2 rings (SSSR count). The molecule has 6 heteroatoms. The number of hydrogen-bond acceptors (Lipinski definition) is 4. The molecule has 0 aliphatic heterocycles. The lowest BCUT2D eigenvalue weighted by atomic mass is 10.2. The molecule has 0 atom stereocenters. The third-order valence-electron chi connectivity index (χ3n) is 2.60. The molecule has 0 radical (unpaired) electrons. The number of rotatable bonds is 4. The number of nitriles is 1. The highest BCUT2D eigenvalue weighted by Crippen LogP contribution is 2.19. The van der Waals surface area contributed by atoms with Gasteiger partial charge in [-0.3, -0.25) is 4.79 Å². The first-order valence-corrected chi connectivity index (χ1v) is 6.43. The van der Waals surface area contributed by atoms with Crippen molar-refractivity contribution in [2.24, 2.45) is 0 Å². The molecule has 2 aromatic rings. The fourth-order valence-electron chi connectivity index (χ4n) is 1.70. The van der Waals surface area contributed by atoms with E-state index in [1.165, 1.54) is 6.07 Å². The molecule has 21 heavy (non-hydrogen) atoms. The SMILES string of the molecule is N#CCOc1ccc(NC(=O)c2cc(N)cc(Cl)c2)cc1. The lowest BCUT2D eigenvalue weighted by Gasteiger charge is -2.07. The number of ether oxygens (including phenoxy) is 1. The summed E-state index contributed by atoms with van der Waals surface area (Å²) in [6, 6.07) is 13.2. The minimum atomic E-state index is -0.310. The van der Waals surface area contributed by atoms with Crippen molar-refractivity contribution < 1.29 is 9.53 Å². The fourth-order valence-corrected chi connectivity index (χ4v) is 1.94. The van der Waals surface area contributed by atoms with Crippen LogP contribution in [-0.2, 0) is 0 Å². The van der Waals surface area contributed by atoms with E-state index >= 15 is 0 Å². The second-order valence-electron chi connectivity index (χ2n) is 4.20. The molecule has 106 valence electrons. The Bertz CT molecular complexity index is 673. The van der Waals surface area contributed by atoms with E-state index in [0.29, 0.717) is 27.7 Å². The molecule has 2 aromatic carbocycles. The van der Waals surface area contributed by atoms with E-state index in [2.05, 4.69) is 5.32 Å². The van der Waals surface area contributed by atoms with Gasteiger partial charge in [0.25, 0.3) is 5.91 Å². The van der Waals surface area contributed by atoms with Gasteiger partial charge in [0, 0.05) is 22.0 Å². The van der Waals surface area contributed by atoms with E-state index in [1.54, 1.807) is 36.4 Å². The van der Waals surface area contributed by atoms with Crippen LogP contribution in [0.3, 0.4) is 0 Å². The average Bonchev–Trinajstić information content (AvgIpc) is 2.45. The van der Waals surface area contributed by atoms with Gasteiger partial charge in [-0.15, -0.1) is 0 Å². The minimum absolute atomic E-state index is 0.0203. The fraction of sp³-hybridized carbons (Fsp3) is 0.0667. The number of amides is 1. The highest BCUT2D eigenvalue weighted by atomic mass is 35.5. The van der Waals surface area contributed by atoms with Gasteiger partial charge >= 0.3 is 0 Å². The van der Waals surface area contributed by atoms with Crippen LogP contribution in [0, 0.1) is 11.3 Å². The van der Waals surface area contributed by atoms with Gasteiger partial charge in [-0.25, -0.2) is 0 Å². The number of nitrogens with zero attached hydrogens (tertiary/aromatic N) is 1. The summed E-state index contributed by atoms with van der Waals surface area (Å²) >= 11 is 5.86. The molecule has 0 unspecified atom stereocenters. The van der Waals surface area contributed by atoms with E-state index in [1.807, 2.05) is 6.07 Å². The molecule has 0 spiro atoms. The molecule has 0 aromatic heterocycles. The minimum Gasteiger partial charge on any atom is -0.479 e. The lowest BCUT2D eigenvalue weighted by Crippen LogP contribution is -2.12. The van der Waals surface area contributed by atoms with E-state index in [-0.39, 0.29) is 12.5 Å². The summed E-state index contributed by atoms with van der Waals surface area (Å²) in [6.07, 6.45) is 0. The Morgan fingerprint density at radius 2 is 2.00 bits per heavy atom. The molecule has 0 heterocycles. The average molecular weight is 302 g/mol. The quantitative estimate of drug-likeness (QED) is 0.849. The van der Waals surface area contributed by atoms with Gasteiger partial charge in [0.05, 0.1) is 0 Å². The van der Waals surface area contributed by atoms with Crippen LogP contribution in [0.4, 0.5) is 11.4 Å². The first-order chi connectivity index (χ1) is 10.1. The zero-order chi connectivity index (χ0) is 15.2. The van der Waals surface area contributed by atoms with Crippen molar-refractivity contribution in [3.63, 3.8) is 0 Å². The number of hydrogen-bond donors (Lipinski definition) is 2. The molecule has 0 aliphatic rings. The van der Waals surface area contributed by atoms with Gasteiger partial charge < -0.3 is 15.8 Å². The number of halogens is 1. The highest BCUT2D eigenvalue weighted by molar-refractivity contribution is 6.31. The Labute approximate surface area is 126 Å². The number of carbonyl (C=O) groups is 1.